The van der Waals surface area contributed by atoms with E-state index >= 15 is 0 Å². The summed E-state index contributed by atoms with van der Waals surface area (Å²) in [5.74, 6) is 0. The van der Waals surface area contributed by atoms with Crippen molar-refractivity contribution >= 4 is 20.1 Å². The molecule has 0 aromatic carbocycles. The van der Waals surface area contributed by atoms with Crippen LogP contribution in [-0.2, 0) is 24.3 Å². The van der Waals surface area contributed by atoms with Gasteiger partial charge in [-0.15, -0.1) is 0 Å². The predicted octanol–water partition coefficient (Wildman–Crippen LogP) is -0.613. The zero-order valence-corrected chi connectivity index (χ0v) is 10.3. The second kappa shape index (κ2) is 4.36. The molecular weight excluding hydrogens is 242 g/mol. The number of hydrogen-bond donors (Lipinski definition) is 0. The van der Waals surface area contributed by atoms with Crippen molar-refractivity contribution in [3.05, 3.63) is 0 Å². The van der Waals surface area contributed by atoms with Gasteiger partial charge in [0.05, 0.1) is 18.6 Å². The number of nitrogens with zero attached hydrogens (tertiary/aromatic N) is 1. The Morgan fingerprint density at radius 1 is 1.20 bits per heavy atom. The minimum Gasteiger partial charge on any atom is -0.266 e. The van der Waals surface area contributed by atoms with E-state index in [-0.39, 0.29) is 6.54 Å². The van der Waals surface area contributed by atoms with E-state index in [2.05, 4.69) is 0 Å². The third-order valence-corrected chi connectivity index (χ3v) is 4.01. The smallest absolute Gasteiger partial charge is 0.264 e. The Hall–Kier alpha value is -0.180. The van der Waals surface area contributed by atoms with Gasteiger partial charge in [-0.05, 0) is 12.8 Å². The molecule has 0 saturated carbocycles. The van der Waals surface area contributed by atoms with Gasteiger partial charge in [-0.2, -0.15) is 12.7 Å². The molecule has 1 aliphatic heterocycles. The molecule has 1 aliphatic rings. The molecule has 0 spiro atoms. The Labute approximate surface area is 90.4 Å². The summed E-state index contributed by atoms with van der Waals surface area (Å²) in [5, 5.41) is 0. The summed E-state index contributed by atoms with van der Waals surface area (Å²) in [7, 11) is -6.77. The highest BCUT2D eigenvalue weighted by atomic mass is 32.2. The fourth-order valence-corrected chi connectivity index (χ4v) is 3.08. The number of hydrogen-bond acceptors (Lipinski definition) is 5. The van der Waals surface area contributed by atoms with Gasteiger partial charge in [0.25, 0.3) is 10.1 Å². The first-order valence-corrected chi connectivity index (χ1v) is 8.18. The van der Waals surface area contributed by atoms with Crippen LogP contribution in [0.2, 0.25) is 0 Å². The molecule has 0 N–H and O–H groups in total. The minimum atomic E-state index is -3.51. The second-order valence-corrected chi connectivity index (χ2v) is 7.27. The van der Waals surface area contributed by atoms with Gasteiger partial charge in [0, 0.05) is 13.1 Å². The Balaban J connectivity index is 2.65. The lowest BCUT2D eigenvalue weighted by molar-refractivity contribution is 0.137. The first kappa shape index (κ1) is 12.9. The van der Waals surface area contributed by atoms with Gasteiger partial charge in [0.15, 0.2) is 0 Å². The van der Waals surface area contributed by atoms with Gasteiger partial charge in [0.2, 0.25) is 10.0 Å². The third kappa shape index (κ3) is 4.45. The van der Waals surface area contributed by atoms with Crippen LogP contribution in [0.4, 0.5) is 0 Å². The summed E-state index contributed by atoms with van der Waals surface area (Å²) in [6, 6.07) is 0. The van der Waals surface area contributed by atoms with Crippen molar-refractivity contribution in [2.45, 2.75) is 18.9 Å². The highest BCUT2D eigenvalue weighted by Gasteiger charge is 2.28. The molecule has 90 valence electrons. The molecule has 0 radical (unpaired) electrons. The molecule has 1 saturated heterocycles. The maximum Gasteiger partial charge on any atom is 0.264 e. The van der Waals surface area contributed by atoms with Gasteiger partial charge < -0.3 is 0 Å². The van der Waals surface area contributed by atoms with Crippen LogP contribution in [0, 0.1) is 0 Å². The van der Waals surface area contributed by atoms with Gasteiger partial charge in [0.1, 0.15) is 0 Å². The molecule has 1 heterocycles. The molecule has 0 bridgehead atoms. The van der Waals surface area contributed by atoms with Crippen LogP contribution in [0.1, 0.15) is 12.8 Å². The van der Waals surface area contributed by atoms with Gasteiger partial charge in [-0.1, -0.05) is 0 Å². The average molecular weight is 257 g/mol. The van der Waals surface area contributed by atoms with E-state index in [4.69, 9.17) is 4.18 Å². The van der Waals surface area contributed by atoms with E-state index < -0.39 is 26.2 Å². The highest BCUT2D eigenvalue weighted by molar-refractivity contribution is 7.88. The Morgan fingerprint density at radius 2 is 1.80 bits per heavy atom. The molecule has 15 heavy (non-hydrogen) atoms. The molecule has 0 aromatic rings. The SMILES string of the molecule is CS(=O)(=O)O[C@H]1CCCN(S(C)(=O)=O)C1. The molecule has 1 fully saturated rings. The lowest BCUT2D eigenvalue weighted by Crippen LogP contribution is -2.43. The second-order valence-electron chi connectivity index (χ2n) is 3.69. The van der Waals surface area contributed by atoms with Crippen LogP contribution in [0.25, 0.3) is 0 Å². The first-order chi connectivity index (χ1) is 6.68. The minimum absolute atomic E-state index is 0.117. The average Bonchev–Trinajstić information content (AvgIpc) is 1.99. The van der Waals surface area contributed by atoms with Crippen molar-refractivity contribution in [1.82, 2.24) is 4.31 Å². The largest absolute Gasteiger partial charge is 0.266 e. The van der Waals surface area contributed by atoms with E-state index in [0.29, 0.717) is 19.4 Å². The summed E-state index contributed by atoms with van der Waals surface area (Å²) < 4.78 is 50.2. The quantitative estimate of drug-likeness (QED) is 0.630. The van der Waals surface area contributed by atoms with Crippen LogP contribution >= 0.6 is 0 Å². The van der Waals surface area contributed by atoms with Crippen LogP contribution in [0.5, 0.6) is 0 Å². The van der Waals surface area contributed by atoms with Gasteiger partial charge in [-0.3, -0.25) is 4.18 Å². The summed E-state index contributed by atoms with van der Waals surface area (Å²) in [5.41, 5.74) is 0. The van der Waals surface area contributed by atoms with Crippen molar-refractivity contribution in [1.29, 1.82) is 0 Å². The van der Waals surface area contributed by atoms with Crippen molar-refractivity contribution in [3.63, 3.8) is 0 Å². The fraction of sp³-hybridized carbons (Fsp3) is 1.00. The zero-order valence-electron chi connectivity index (χ0n) is 8.71. The summed E-state index contributed by atoms with van der Waals surface area (Å²) in [6.07, 6.45) is 2.71. The zero-order chi connectivity index (χ0) is 11.7. The molecule has 1 atom stereocenters. The van der Waals surface area contributed by atoms with E-state index in [1.165, 1.54) is 4.31 Å². The monoisotopic (exact) mass is 257 g/mol. The molecule has 6 nitrogen and oxygen atoms in total. The molecule has 0 amide bonds. The predicted molar refractivity (Wildman–Crippen MR) is 55.4 cm³/mol. The summed E-state index contributed by atoms with van der Waals surface area (Å²) >= 11 is 0. The van der Waals surface area contributed by atoms with E-state index in [9.17, 15) is 16.8 Å². The molecule has 0 aliphatic carbocycles. The Morgan fingerprint density at radius 3 is 2.27 bits per heavy atom. The van der Waals surface area contributed by atoms with Crippen LogP contribution in [0.3, 0.4) is 0 Å². The van der Waals surface area contributed by atoms with Crippen molar-refractivity contribution < 1.29 is 21.0 Å². The number of piperidine rings is 1. The van der Waals surface area contributed by atoms with Gasteiger partial charge >= 0.3 is 0 Å². The molecule has 0 aromatic heterocycles. The number of sulfonamides is 1. The summed E-state index contributed by atoms with van der Waals surface area (Å²) in [4.78, 5) is 0. The lowest BCUT2D eigenvalue weighted by atomic mass is 10.1. The van der Waals surface area contributed by atoms with E-state index in [1.54, 1.807) is 0 Å². The first-order valence-electron chi connectivity index (χ1n) is 4.52. The third-order valence-electron chi connectivity index (χ3n) is 2.12. The molecule has 0 unspecified atom stereocenters. The van der Waals surface area contributed by atoms with Crippen LogP contribution < -0.4 is 0 Å². The number of rotatable bonds is 3. The topological polar surface area (TPSA) is 80.8 Å². The normalized spacial score (nSPS) is 25.3. The van der Waals surface area contributed by atoms with Crippen LogP contribution in [0.15, 0.2) is 0 Å². The fourth-order valence-electron chi connectivity index (χ4n) is 1.53. The van der Waals surface area contributed by atoms with Crippen LogP contribution in [-0.4, -0.2) is 52.8 Å². The van der Waals surface area contributed by atoms with Gasteiger partial charge in [-0.25, -0.2) is 8.42 Å². The molecule has 1 rings (SSSR count). The molecule has 8 heteroatoms. The lowest BCUT2D eigenvalue weighted by Gasteiger charge is -2.29. The van der Waals surface area contributed by atoms with E-state index in [0.717, 1.165) is 12.5 Å². The Bertz CT molecular complexity index is 413. The Kier molecular flexibility index (Phi) is 3.75. The maximum absolute atomic E-state index is 11.2. The maximum atomic E-state index is 11.2. The van der Waals surface area contributed by atoms with Crippen molar-refractivity contribution in [2.24, 2.45) is 0 Å². The molecular formula is C7H15NO5S2. The standard InChI is InChI=1S/C7H15NO5S2/c1-14(9,10)8-5-3-4-7(6-8)13-15(2,11)12/h7H,3-6H2,1-2H3/t7-/m0/s1. The highest BCUT2D eigenvalue weighted by Crippen LogP contribution is 2.16. The van der Waals surface area contributed by atoms with Crippen molar-refractivity contribution in [3.8, 4) is 0 Å². The summed E-state index contributed by atoms with van der Waals surface area (Å²) in [6.45, 7) is 0.550. The van der Waals surface area contributed by atoms with Crippen molar-refractivity contribution in [2.75, 3.05) is 25.6 Å². The van der Waals surface area contributed by atoms with E-state index in [1.807, 2.05) is 0 Å².